The number of nitrogens with two attached hydrogens (primary N) is 1. The van der Waals surface area contributed by atoms with Crippen LogP contribution in [0.3, 0.4) is 0 Å². The average molecular weight is 607 g/mol. The van der Waals surface area contributed by atoms with Gasteiger partial charge in [-0.1, -0.05) is 79.4 Å². The van der Waals surface area contributed by atoms with Crippen molar-refractivity contribution in [3.63, 3.8) is 0 Å². The van der Waals surface area contributed by atoms with Gasteiger partial charge in [-0.25, -0.2) is 4.79 Å². The maximum atomic E-state index is 14.1. The number of hydrogen-bond acceptors (Lipinski definition) is 5. The van der Waals surface area contributed by atoms with E-state index in [0.717, 1.165) is 17.7 Å². The van der Waals surface area contributed by atoms with Crippen LogP contribution in [0.15, 0.2) is 85.4 Å². The van der Waals surface area contributed by atoms with Crippen molar-refractivity contribution in [2.24, 2.45) is 5.73 Å². The summed E-state index contributed by atoms with van der Waals surface area (Å²) in [5.74, 6) is -1.74. The summed E-state index contributed by atoms with van der Waals surface area (Å²) in [5.41, 5.74) is 7.39. The summed E-state index contributed by atoms with van der Waals surface area (Å²) in [6, 6.07) is 19.6. The van der Waals surface area contributed by atoms with Crippen LogP contribution in [-0.2, 0) is 27.0 Å². The van der Waals surface area contributed by atoms with E-state index in [4.69, 9.17) is 10.5 Å². The third-order valence-corrected chi connectivity index (χ3v) is 8.08. The molecular formula is C33H33F3N4O4. The third-order valence-electron chi connectivity index (χ3n) is 8.08. The van der Waals surface area contributed by atoms with E-state index in [1.54, 1.807) is 18.2 Å². The van der Waals surface area contributed by atoms with Crippen molar-refractivity contribution in [3.05, 3.63) is 113 Å². The number of carbonyl (C=O) groups is 3. The van der Waals surface area contributed by atoms with Crippen LogP contribution in [0, 0.1) is 0 Å². The van der Waals surface area contributed by atoms with Gasteiger partial charge in [-0.05, 0) is 53.8 Å². The molecule has 2 aliphatic heterocycles. The van der Waals surface area contributed by atoms with Crippen LogP contribution in [0.1, 0.15) is 52.6 Å². The number of amides is 3. The highest BCUT2D eigenvalue weighted by atomic mass is 19.4. The first kappa shape index (κ1) is 30.8. The Hall–Kier alpha value is -4.64. The quantitative estimate of drug-likeness (QED) is 0.292. The number of carbonyl (C=O) groups excluding carboxylic acids is 3. The monoisotopic (exact) mass is 606 g/mol. The molecule has 0 radical (unpaired) electrons. The highest BCUT2D eigenvalue weighted by molar-refractivity contribution is 5.97. The number of alkyl halides is 3. The smallest absolute Gasteiger partial charge is 0.416 e. The molecule has 4 atom stereocenters. The maximum absolute atomic E-state index is 14.1. The second-order valence-electron chi connectivity index (χ2n) is 10.7. The molecule has 3 aromatic carbocycles. The molecule has 0 aromatic heterocycles. The summed E-state index contributed by atoms with van der Waals surface area (Å²) in [7, 11) is 0. The van der Waals surface area contributed by atoms with Crippen molar-refractivity contribution in [2.45, 2.75) is 49.7 Å². The van der Waals surface area contributed by atoms with Crippen LogP contribution in [0.2, 0.25) is 0 Å². The zero-order chi connectivity index (χ0) is 31.4. The summed E-state index contributed by atoms with van der Waals surface area (Å²) in [6.07, 6.45) is -3.83. The van der Waals surface area contributed by atoms with E-state index in [0.29, 0.717) is 17.5 Å². The van der Waals surface area contributed by atoms with Crippen molar-refractivity contribution in [1.29, 1.82) is 0 Å². The molecule has 3 N–H and O–H groups in total. The Bertz CT molecular complexity index is 1530. The lowest BCUT2D eigenvalue weighted by molar-refractivity contribution is -0.169. The van der Waals surface area contributed by atoms with Gasteiger partial charge in [0.1, 0.15) is 24.7 Å². The zero-order valence-electron chi connectivity index (χ0n) is 23.9. The summed E-state index contributed by atoms with van der Waals surface area (Å²) in [4.78, 5) is 44.0. The number of rotatable bonds is 11. The molecule has 2 aliphatic rings. The van der Waals surface area contributed by atoms with E-state index >= 15 is 0 Å². The van der Waals surface area contributed by atoms with E-state index in [1.165, 1.54) is 21.9 Å². The molecule has 0 saturated carbocycles. The second-order valence-corrected chi connectivity index (χ2v) is 10.7. The van der Waals surface area contributed by atoms with E-state index < -0.39 is 47.9 Å². The molecule has 11 heteroatoms. The summed E-state index contributed by atoms with van der Waals surface area (Å²) in [5, 5.41) is 2.71. The van der Waals surface area contributed by atoms with Crippen molar-refractivity contribution >= 4 is 24.0 Å². The minimum Gasteiger partial charge on any atom is -0.447 e. The van der Waals surface area contributed by atoms with E-state index in [2.05, 4.69) is 11.9 Å². The van der Waals surface area contributed by atoms with E-state index in [1.807, 2.05) is 42.5 Å². The summed E-state index contributed by atoms with van der Waals surface area (Å²) in [6.45, 7) is 3.99. The molecular weight excluding hydrogens is 573 g/mol. The van der Waals surface area contributed by atoms with Crippen LogP contribution in [-0.4, -0.2) is 53.1 Å². The topological polar surface area (TPSA) is 105 Å². The number of likely N-dealkylation sites (tertiary alicyclic amines) is 1. The molecule has 44 heavy (non-hydrogen) atoms. The largest absolute Gasteiger partial charge is 0.447 e. The standard InChI is InChI=1S/C33H33F3N4O4/c1-2-22-11-6-7-15-25(22)28-30(40-27(20-44-32(40)43)23-12-4-3-5-13-23)39(31(28)42)26(16-9-17-37)29(41)38-19-21-10-8-14-24(18-21)33(34,35)36/h2-8,10-15,18,26-28,30H,1,9,16-17,19-20,37H2,(H,38,41)/t26-,27+,28-,30+/m0/s1. The molecule has 0 bridgehead atoms. The van der Waals surface area contributed by atoms with Crippen LogP contribution < -0.4 is 11.1 Å². The van der Waals surface area contributed by atoms with E-state index in [-0.39, 0.29) is 37.6 Å². The molecule has 230 valence electrons. The number of β-lactam (4-membered cyclic amide) rings is 1. The van der Waals surface area contributed by atoms with Gasteiger partial charge in [0, 0.05) is 6.54 Å². The lowest BCUT2D eigenvalue weighted by Gasteiger charge is -2.54. The lowest BCUT2D eigenvalue weighted by atomic mass is 9.80. The number of halogens is 3. The first-order valence-electron chi connectivity index (χ1n) is 14.3. The van der Waals surface area contributed by atoms with Crippen LogP contribution >= 0.6 is 0 Å². The van der Waals surface area contributed by atoms with Crippen molar-refractivity contribution in [2.75, 3.05) is 13.2 Å². The normalized spacial score (nSPS) is 20.6. The number of hydrogen-bond donors (Lipinski definition) is 2. The second kappa shape index (κ2) is 12.9. The number of nitrogens with one attached hydrogen (secondary N) is 1. The fourth-order valence-corrected chi connectivity index (χ4v) is 5.93. The number of ether oxygens (including phenoxy) is 1. The Balaban J connectivity index is 1.50. The van der Waals surface area contributed by atoms with Crippen LogP contribution in [0.5, 0.6) is 0 Å². The molecule has 8 nitrogen and oxygen atoms in total. The fourth-order valence-electron chi connectivity index (χ4n) is 5.93. The summed E-state index contributed by atoms with van der Waals surface area (Å²) < 4.78 is 45.3. The molecule has 0 spiro atoms. The summed E-state index contributed by atoms with van der Waals surface area (Å²) >= 11 is 0. The highest BCUT2D eigenvalue weighted by Crippen LogP contribution is 2.46. The predicted molar refractivity (Wildman–Crippen MR) is 158 cm³/mol. The molecule has 5 rings (SSSR count). The first-order valence-corrected chi connectivity index (χ1v) is 14.3. The van der Waals surface area contributed by atoms with Gasteiger partial charge < -0.3 is 20.7 Å². The molecule has 2 heterocycles. The van der Waals surface area contributed by atoms with E-state index in [9.17, 15) is 27.6 Å². The van der Waals surface area contributed by atoms with Gasteiger partial charge in [-0.15, -0.1) is 0 Å². The minimum absolute atomic E-state index is 0.0619. The fraction of sp³-hybridized carbons (Fsp3) is 0.303. The number of cyclic esters (lactones) is 1. The SMILES string of the molecule is C=Cc1ccccc1[C@@H]1C(=O)N([C@@H](CCCN)C(=O)NCc2cccc(C(F)(F)F)c2)[C@@H]1N1C(=O)OC[C@@H]1c1ccccc1. The van der Waals surface area contributed by atoms with Crippen molar-refractivity contribution < 1.29 is 32.3 Å². The van der Waals surface area contributed by atoms with Gasteiger partial charge in [0.2, 0.25) is 11.8 Å². The lowest BCUT2D eigenvalue weighted by Crippen LogP contribution is -2.71. The van der Waals surface area contributed by atoms with Gasteiger partial charge >= 0.3 is 12.3 Å². The van der Waals surface area contributed by atoms with Gasteiger partial charge in [0.15, 0.2) is 0 Å². The Kier molecular flexibility index (Phi) is 9.05. The Morgan fingerprint density at radius 3 is 2.50 bits per heavy atom. The predicted octanol–water partition coefficient (Wildman–Crippen LogP) is 5.22. The van der Waals surface area contributed by atoms with Crippen LogP contribution in [0.4, 0.5) is 18.0 Å². The molecule has 3 aromatic rings. The number of benzene rings is 3. The molecule has 3 amide bonds. The third kappa shape index (κ3) is 6.05. The Morgan fingerprint density at radius 1 is 1.07 bits per heavy atom. The number of nitrogens with zero attached hydrogens (tertiary/aromatic N) is 2. The van der Waals surface area contributed by atoms with Gasteiger partial charge in [-0.3, -0.25) is 14.5 Å². The first-order chi connectivity index (χ1) is 21.2. The molecule has 0 unspecified atom stereocenters. The molecule has 2 saturated heterocycles. The average Bonchev–Trinajstić information content (AvgIpc) is 3.40. The zero-order valence-corrected chi connectivity index (χ0v) is 23.9. The van der Waals surface area contributed by atoms with Gasteiger partial charge in [0.05, 0.1) is 11.6 Å². The Labute approximate surface area is 253 Å². The van der Waals surface area contributed by atoms with Crippen molar-refractivity contribution in [3.8, 4) is 0 Å². The maximum Gasteiger partial charge on any atom is 0.416 e. The van der Waals surface area contributed by atoms with Crippen LogP contribution in [0.25, 0.3) is 6.08 Å². The Morgan fingerprint density at radius 2 is 1.80 bits per heavy atom. The van der Waals surface area contributed by atoms with Gasteiger partial charge in [0.25, 0.3) is 0 Å². The van der Waals surface area contributed by atoms with Crippen molar-refractivity contribution in [1.82, 2.24) is 15.1 Å². The minimum atomic E-state index is -4.53. The highest BCUT2D eigenvalue weighted by Gasteiger charge is 2.59. The van der Waals surface area contributed by atoms with Gasteiger partial charge in [-0.2, -0.15) is 13.2 Å². The molecule has 0 aliphatic carbocycles. The molecule has 2 fully saturated rings.